The molecule has 2 rings (SSSR count). The molecule has 0 amide bonds. The van der Waals surface area contributed by atoms with Crippen LogP contribution in [0.2, 0.25) is 0 Å². The summed E-state index contributed by atoms with van der Waals surface area (Å²) in [5, 5.41) is 0. The number of nitrogens with two attached hydrogens (primary N) is 1. The van der Waals surface area contributed by atoms with E-state index < -0.39 is 0 Å². The number of esters is 1. The zero-order chi connectivity index (χ0) is 11.7. The Labute approximate surface area is 92.8 Å². The standard InChI is InChI=1S/C11H13N3O2/c1-3-16-10(15)7-4-5-9-8(6-7)13-11(12)14(9)2/h4-6H,3H2,1-2H3,(H2,12,13). The summed E-state index contributed by atoms with van der Waals surface area (Å²) in [6.45, 7) is 2.14. The lowest BCUT2D eigenvalue weighted by Gasteiger charge is -2.01. The molecule has 0 bridgehead atoms. The second kappa shape index (κ2) is 3.84. The SMILES string of the molecule is CCOC(=O)c1ccc2c(c1)nc(N)n2C. The third-order valence-corrected chi connectivity index (χ3v) is 2.43. The maximum Gasteiger partial charge on any atom is 0.338 e. The normalized spacial score (nSPS) is 10.6. The molecule has 0 fully saturated rings. The lowest BCUT2D eigenvalue weighted by atomic mass is 10.2. The molecule has 0 atom stereocenters. The van der Waals surface area contributed by atoms with Gasteiger partial charge in [0.1, 0.15) is 0 Å². The monoisotopic (exact) mass is 219 g/mol. The number of aromatic nitrogens is 2. The molecule has 0 radical (unpaired) electrons. The van der Waals surface area contributed by atoms with Crippen LogP contribution in [0.3, 0.4) is 0 Å². The molecule has 2 N–H and O–H groups in total. The molecule has 0 unspecified atom stereocenters. The molecule has 5 heteroatoms. The van der Waals surface area contributed by atoms with Crippen molar-refractivity contribution in [1.29, 1.82) is 0 Å². The Morgan fingerprint density at radius 3 is 3.00 bits per heavy atom. The van der Waals surface area contributed by atoms with Crippen LogP contribution in [-0.2, 0) is 11.8 Å². The Hall–Kier alpha value is -2.04. The van der Waals surface area contributed by atoms with E-state index in [0.717, 1.165) is 5.52 Å². The van der Waals surface area contributed by atoms with E-state index >= 15 is 0 Å². The van der Waals surface area contributed by atoms with Crippen molar-refractivity contribution < 1.29 is 9.53 Å². The molecular weight excluding hydrogens is 206 g/mol. The molecule has 2 aromatic rings. The van der Waals surface area contributed by atoms with Gasteiger partial charge in [-0.2, -0.15) is 0 Å². The molecule has 0 aliphatic rings. The molecule has 16 heavy (non-hydrogen) atoms. The third-order valence-electron chi connectivity index (χ3n) is 2.43. The molecule has 1 aromatic carbocycles. The fraction of sp³-hybridized carbons (Fsp3) is 0.273. The molecule has 0 aliphatic carbocycles. The minimum Gasteiger partial charge on any atom is -0.462 e. The Balaban J connectivity index is 2.48. The van der Waals surface area contributed by atoms with Crippen LogP contribution in [0.1, 0.15) is 17.3 Å². The van der Waals surface area contributed by atoms with Crippen LogP contribution in [0.15, 0.2) is 18.2 Å². The first kappa shape index (κ1) is 10.5. The van der Waals surface area contributed by atoms with Gasteiger partial charge in [-0.15, -0.1) is 0 Å². The predicted octanol–water partition coefficient (Wildman–Crippen LogP) is 1.33. The van der Waals surface area contributed by atoms with Crippen LogP contribution in [0, 0.1) is 0 Å². The second-order valence-corrected chi connectivity index (χ2v) is 3.45. The zero-order valence-electron chi connectivity index (χ0n) is 9.23. The fourth-order valence-electron chi connectivity index (χ4n) is 1.56. The average molecular weight is 219 g/mol. The molecular formula is C11H13N3O2. The van der Waals surface area contributed by atoms with Gasteiger partial charge in [-0.25, -0.2) is 9.78 Å². The van der Waals surface area contributed by atoms with Crippen molar-refractivity contribution in [3.05, 3.63) is 23.8 Å². The van der Waals surface area contributed by atoms with E-state index in [4.69, 9.17) is 10.5 Å². The number of benzene rings is 1. The first-order valence-electron chi connectivity index (χ1n) is 5.02. The topological polar surface area (TPSA) is 70.1 Å². The van der Waals surface area contributed by atoms with Crippen LogP contribution in [0.4, 0.5) is 5.95 Å². The molecule has 0 aliphatic heterocycles. The highest BCUT2D eigenvalue weighted by Crippen LogP contribution is 2.18. The van der Waals surface area contributed by atoms with Crippen molar-refractivity contribution in [2.24, 2.45) is 7.05 Å². The minimum absolute atomic E-state index is 0.339. The summed E-state index contributed by atoms with van der Waals surface area (Å²) in [4.78, 5) is 15.6. The second-order valence-electron chi connectivity index (χ2n) is 3.45. The number of hydrogen-bond acceptors (Lipinski definition) is 4. The van der Waals surface area contributed by atoms with Crippen molar-refractivity contribution >= 4 is 23.0 Å². The van der Waals surface area contributed by atoms with E-state index in [1.807, 2.05) is 13.1 Å². The van der Waals surface area contributed by atoms with Gasteiger partial charge in [-0.1, -0.05) is 0 Å². The number of nitrogen functional groups attached to an aromatic ring is 1. The lowest BCUT2D eigenvalue weighted by molar-refractivity contribution is 0.0526. The molecule has 0 spiro atoms. The Bertz CT molecular complexity index is 545. The average Bonchev–Trinajstić information content (AvgIpc) is 2.55. The maximum atomic E-state index is 11.5. The Kier molecular flexibility index (Phi) is 2.52. The van der Waals surface area contributed by atoms with Gasteiger partial charge >= 0.3 is 5.97 Å². The third kappa shape index (κ3) is 1.60. The number of carbonyl (C=O) groups is 1. The van der Waals surface area contributed by atoms with Crippen molar-refractivity contribution in [1.82, 2.24) is 9.55 Å². The van der Waals surface area contributed by atoms with E-state index in [1.54, 1.807) is 23.6 Å². The number of aryl methyl sites for hydroxylation is 1. The van der Waals surface area contributed by atoms with Crippen LogP contribution in [0.5, 0.6) is 0 Å². The number of carbonyl (C=O) groups excluding carboxylic acids is 1. The summed E-state index contributed by atoms with van der Waals surface area (Å²) in [5.41, 5.74) is 7.76. The van der Waals surface area contributed by atoms with Gasteiger partial charge in [0.05, 0.1) is 23.2 Å². The van der Waals surface area contributed by atoms with Crippen molar-refractivity contribution in [3.63, 3.8) is 0 Å². The quantitative estimate of drug-likeness (QED) is 0.773. The van der Waals surface area contributed by atoms with E-state index in [-0.39, 0.29) is 5.97 Å². The number of hydrogen-bond donors (Lipinski definition) is 1. The first-order chi connectivity index (χ1) is 7.63. The minimum atomic E-state index is -0.339. The highest BCUT2D eigenvalue weighted by atomic mass is 16.5. The molecule has 84 valence electrons. The summed E-state index contributed by atoms with van der Waals surface area (Å²) >= 11 is 0. The fourth-order valence-corrected chi connectivity index (χ4v) is 1.56. The molecule has 5 nitrogen and oxygen atoms in total. The summed E-state index contributed by atoms with van der Waals surface area (Å²) in [6.07, 6.45) is 0. The Morgan fingerprint density at radius 1 is 1.56 bits per heavy atom. The van der Waals surface area contributed by atoms with Crippen molar-refractivity contribution in [2.75, 3.05) is 12.3 Å². The van der Waals surface area contributed by atoms with Crippen LogP contribution in [-0.4, -0.2) is 22.1 Å². The summed E-state index contributed by atoms with van der Waals surface area (Å²) in [7, 11) is 1.83. The van der Waals surface area contributed by atoms with Gasteiger partial charge in [0.25, 0.3) is 0 Å². The number of ether oxygens (including phenoxy) is 1. The highest BCUT2D eigenvalue weighted by molar-refractivity contribution is 5.94. The van der Waals surface area contributed by atoms with Crippen LogP contribution in [0.25, 0.3) is 11.0 Å². The summed E-state index contributed by atoms with van der Waals surface area (Å²) in [5.74, 6) is 0.0876. The molecule has 0 saturated carbocycles. The zero-order valence-corrected chi connectivity index (χ0v) is 9.23. The summed E-state index contributed by atoms with van der Waals surface area (Å²) < 4.78 is 6.68. The van der Waals surface area contributed by atoms with E-state index in [0.29, 0.717) is 23.6 Å². The summed E-state index contributed by atoms with van der Waals surface area (Å²) in [6, 6.07) is 5.20. The smallest absolute Gasteiger partial charge is 0.338 e. The van der Waals surface area contributed by atoms with E-state index in [2.05, 4.69) is 4.98 Å². The van der Waals surface area contributed by atoms with Crippen LogP contribution >= 0.6 is 0 Å². The van der Waals surface area contributed by atoms with Gasteiger partial charge in [-0.05, 0) is 25.1 Å². The number of imidazole rings is 1. The van der Waals surface area contributed by atoms with Gasteiger partial charge in [0.15, 0.2) is 0 Å². The Morgan fingerprint density at radius 2 is 2.31 bits per heavy atom. The lowest BCUT2D eigenvalue weighted by Crippen LogP contribution is -2.04. The maximum absolute atomic E-state index is 11.5. The highest BCUT2D eigenvalue weighted by Gasteiger charge is 2.10. The number of fused-ring (bicyclic) bond motifs is 1. The number of rotatable bonds is 2. The largest absolute Gasteiger partial charge is 0.462 e. The number of nitrogens with zero attached hydrogens (tertiary/aromatic N) is 2. The molecule has 1 aromatic heterocycles. The van der Waals surface area contributed by atoms with Crippen LogP contribution < -0.4 is 5.73 Å². The van der Waals surface area contributed by atoms with E-state index in [9.17, 15) is 4.79 Å². The molecule has 1 heterocycles. The van der Waals surface area contributed by atoms with Crippen molar-refractivity contribution in [3.8, 4) is 0 Å². The van der Waals surface area contributed by atoms with Gasteiger partial charge in [0.2, 0.25) is 5.95 Å². The molecule has 0 saturated heterocycles. The van der Waals surface area contributed by atoms with Gasteiger partial charge < -0.3 is 15.0 Å². The first-order valence-corrected chi connectivity index (χ1v) is 5.02. The predicted molar refractivity (Wildman–Crippen MR) is 61.1 cm³/mol. The van der Waals surface area contributed by atoms with Gasteiger partial charge in [0, 0.05) is 7.05 Å². The van der Waals surface area contributed by atoms with E-state index in [1.165, 1.54) is 0 Å². The number of anilines is 1. The van der Waals surface area contributed by atoms with Crippen molar-refractivity contribution in [2.45, 2.75) is 6.92 Å². The van der Waals surface area contributed by atoms with Gasteiger partial charge in [-0.3, -0.25) is 0 Å².